The van der Waals surface area contributed by atoms with E-state index in [9.17, 15) is 13.2 Å². The number of amides is 1. The van der Waals surface area contributed by atoms with E-state index in [4.69, 9.17) is 16.8 Å². The van der Waals surface area contributed by atoms with Gasteiger partial charge in [0.2, 0.25) is 0 Å². The minimum absolute atomic E-state index is 0.136. The van der Waals surface area contributed by atoms with Gasteiger partial charge in [0.1, 0.15) is 4.32 Å². The first-order chi connectivity index (χ1) is 6.31. The second kappa shape index (κ2) is 3.97. The number of nitrogens with zero attached hydrogens (tertiary/aromatic N) is 1. The lowest BCUT2D eigenvalue weighted by Crippen LogP contribution is -2.32. The van der Waals surface area contributed by atoms with E-state index in [1.807, 2.05) is 0 Å². The largest absolute Gasteiger partial charge is 0.292 e. The summed E-state index contributed by atoms with van der Waals surface area (Å²) in [5.41, 5.74) is 0. The maximum Gasteiger partial charge on any atom is 0.266 e. The lowest BCUT2D eigenvalue weighted by atomic mass is 10.5. The molecule has 78 valence electrons. The van der Waals surface area contributed by atoms with E-state index < -0.39 is 21.8 Å². The summed E-state index contributed by atoms with van der Waals surface area (Å²) in [5, 5.41) is 0. The predicted molar refractivity (Wildman–Crippen MR) is 57.5 cm³/mol. The van der Waals surface area contributed by atoms with E-state index in [1.54, 1.807) is 0 Å². The highest BCUT2D eigenvalue weighted by Crippen LogP contribution is 2.28. The molecule has 1 amide bonds. The number of hydrogen-bond acceptors (Lipinski definition) is 5. The Labute approximate surface area is 90.9 Å². The molecular weight excluding hydrogens is 246 g/mol. The van der Waals surface area contributed by atoms with Crippen LogP contribution in [0.4, 0.5) is 0 Å². The molecule has 0 aromatic carbocycles. The van der Waals surface area contributed by atoms with Crippen LogP contribution < -0.4 is 0 Å². The fourth-order valence-corrected chi connectivity index (χ4v) is 2.42. The van der Waals surface area contributed by atoms with Gasteiger partial charge in [0.25, 0.3) is 16.0 Å². The molecule has 1 fully saturated rings. The molecule has 1 N–H and O–H groups in total. The van der Waals surface area contributed by atoms with E-state index in [2.05, 4.69) is 6.58 Å². The third kappa shape index (κ3) is 2.77. The number of carbonyl (C=O) groups is 1. The van der Waals surface area contributed by atoms with E-state index in [1.165, 1.54) is 0 Å². The van der Waals surface area contributed by atoms with Gasteiger partial charge in [-0.1, -0.05) is 30.6 Å². The minimum Gasteiger partial charge on any atom is -0.292 e. The van der Waals surface area contributed by atoms with Crippen molar-refractivity contribution in [1.29, 1.82) is 0 Å². The monoisotopic (exact) mass is 253 g/mol. The second-order valence-electron chi connectivity index (χ2n) is 2.53. The van der Waals surface area contributed by atoms with Gasteiger partial charge in [0.05, 0.1) is 10.7 Å². The van der Waals surface area contributed by atoms with Crippen molar-refractivity contribution in [2.24, 2.45) is 0 Å². The summed E-state index contributed by atoms with van der Waals surface area (Å²) in [6.07, 6.45) is 0. The lowest BCUT2D eigenvalue weighted by Gasteiger charge is -2.12. The molecule has 0 atom stereocenters. The Morgan fingerprint density at radius 3 is 2.50 bits per heavy atom. The predicted octanol–water partition coefficient (Wildman–Crippen LogP) is 0.248. The Hall–Kier alpha value is -0.440. The number of thioether (sulfide) groups is 1. The van der Waals surface area contributed by atoms with Crippen LogP contribution in [0.5, 0.6) is 0 Å². The molecule has 1 saturated heterocycles. The molecule has 0 aliphatic carbocycles. The first kappa shape index (κ1) is 11.6. The zero-order chi connectivity index (χ0) is 10.9. The molecule has 14 heavy (non-hydrogen) atoms. The van der Waals surface area contributed by atoms with Gasteiger partial charge < -0.3 is 0 Å². The Balaban J connectivity index is 2.66. The fraction of sp³-hybridized carbons (Fsp3) is 0.333. The maximum absolute atomic E-state index is 11.3. The number of rotatable bonds is 3. The van der Waals surface area contributed by atoms with Crippen LogP contribution in [-0.2, 0) is 14.9 Å². The van der Waals surface area contributed by atoms with Gasteiger partial charge in [-0.15, -0.1) is 0 Å². The van der Waals surface area contributed by atoms with E-state index in [0.29, 0.717) is 0 Å². The van der Waals surface area contributed by atoms with Gasteiger partial charge in [-0.25, -0.2) is 0 Å². The summed E-state index contributed by atoms with van der Waals surface area (Å²) in [5.74, 6) is -0.921. The molecule has 1 rings (SSSR count). The molecule has 1 aliphatic heterocycles. The summed E-state index contributed by atoms with van der Waals surface area (Å²) in [7, 11) is -4.07. The smallest absolute Gasteiger partial charge is 0.266 e. The van der Waals surface area contributed by atoms with Crippen LogP contribution in [-0.4, -0.2) is 40.4 Å². The van der Waals surface area contributed by atoms with Crippen molar-refractivity contribution in [3.8, 4) is 0 Å². The standard InChI is InChI=1S/C6H7NO4S3/c1-4-5(8)7(6(12)13-4)2-3-14(9,10)11/h1-3H2,(H,9,10,11). The highest BCUT2D eigenvalue weighted by atomic mass is 32.2. The van der Waals surface area contributed by atoms with Gasteiger partial charge in [0.15, 0.2) is 0 Å². The summed E-state index contributed by atoms with van der Waals surface area (Å²) in [4.78, 5) is 12.7. The van der Waals surface area contributed by atoms with E-state index in [0.717, 1.165) is 16.7 Å². The zero-order valence-corrected chi connectivity index (χ0v) is 9.41. The third-order valence-electron chi connectivity index (χ3n) is 1.49. The van der Waals surface area contributed by atoms with Crippen molar-refractivity contribution in [3.63, 3.8) is 0 Å². The molecule has 1 aliphatic rings. The lowest BCUT2D eigenvalue weighted by molar-refractivity contribution is -0.122. The summed E-state index contributed by atoms with van der Waals surface area (Å²) >= 11 is 5.84. The van der Waals surface area contributed by atoms with Crippen LogP contribution in [0.2, 0.25) is 0 Å². The van der Waals surface area contributed by atoms with E-state index >= 15 is 0 Å². The number of carbonyl (C=O) groups excluding carboxylic acids is 1. The Morgan fingerprint density at radius 2 is 2.14 bits per heavy atom. The molecule has 5 nitrogen and oxygen atoms in total. The van der Waals surface area contributed by atoms with Crippen LogP contribution in [0.25, 0.3) is 0 Å². The Kier molecular flexibility index (Phi) is 3.30. The minimum atomic E-state index is -4.07. The molecule has 0 radical (unpaired) electrons. The highest BCUT2D eigenvalue weighted by Gasteiger charge is 2.30. The molecular formula is C6H7NO4S3. The SMILES string of the molecule is C=C1SC(=S)N(CCS(=O)(=O)O)C1=O. The molecule has 0 bridgehead atoms. The van der Waals surface area contributed by atoms with Crippen molar-refractivity contribution >= 4 is 44.3 Å². The zero-order valence-electron chi connectivity index (χ0n) is 6.97. The molecule has 0 unspecified atom stereocenters. The summed E-state index contributed by atoms with van der Waals surface area (Å²) in [6.45, 7) is 3.32. The molecule has 0 aromatic heterocycles. The van der Waals surface area contributed by atoms with Crippen molar-refractivity contribution in [1.82, 2.24) is 4.90 Å². The Bertz CT molecular complexity index is 399. The molecule has 8 heteroatoms. The number of thiocarbonyl (C=S) groups is 1. The van der Waals surface area contributed by atoms with Gasteiger partial charge >= 0.3 is 0 Å². The summed E-state index contributed by atoms with van der Waals surface area (Å²) < 4.78 is 29.6. The normalized spacial score (nSPS) is 18.1. The van der Waals surface area contributed by atoms with Crippen molar-refractivity contribution < 1.29 is 17.8 Å². The quantitative estimate of drug-likeness (QED) is 0.441. The third-order valence-corrected chi connectivity index (χ3v) is 3.47. The molecule has 0 spiro atoms. The average Bonchev–Trinajstić information content (AvgIpc) is 2.23. The highest BCUT2D eigenvalue weighted by molar-refractivity contribution is 8.26. The topological polar surface area (TPSA) is 74.7 Å². The van der Waals surface area contributed by atoms with Crippen LogP contribution in [0, 0.1) is 0 Å². The van der Waals surface area contributed by atoms with Crippen molar-refractivity contribution in [3.05, 3.63) is 11.5 Å². The van der Waals surface area contributed by atoms with Gasteiger partial charge in [-0.3, -0.25) is 14.2 Å². The summed E-state index contributed by atoms with van der Waals surface area (Å²) in [6, 6.07) is 0. The van der Waals surface area contributed by atoms with Gasteiger partial charge in [-0.05, 0) is 0 Å². The van der Waals surface area contributed by atoms with Crippen LogP contribution in [0.1, 0.15) is 0 Å². The first-order valence-corrected chi connectivity index (χ1v) is 6.32. The molecule has 0 saturated carbocycles. The average molecular weight is 253 g/mol. The van der Waals surface area contributed by atoms with Crippen molar-refractivity contribution in [2.45, 2.75) is 0 Å². The van der Waals surface area contributed by atoms with Crippen LogP contribution >= 0.6 is 24.0 Å². The molecule has 1 heterocycles. The fourth-order valence-electron chi connectivity index (χ4n) is 0.837. The number of hydrogen-bond donors (Lipinski definition) is 1. The molecule has 0 aromatic rings. The Morgan fingerprint density at radius 1 is 1.57 bits per heavy atom. The van der Waals surface area contributed by atoms with Gasteiger partial charge in [-0.2, -0.15) is 8.42 Å². The van der Waals surface area contributed by atoms with Crippen molar-refractivity contribution in [2.75, 3.05) is 12.3 Å². The second-order valence-corrected chi connectivity index (χ2v) is 5.83. The maximum atomic E-state index is 11.3. The first-order valence-electron chi connectivity index (χ1n) is 3.49. The van der Waals surface area contributed by atoms with E-state index in [-0.39, 0.29) is 15.8 Å². The van der Waals surface area contributed by atoms with Crippen LogP contribution in [0.3, 0.4) is 0 Å². The van der Waals surface area contributed by atoms with Gasteiger partial charge in [0, 0.05) is 6.54 Å². The van der Waals surface area contributed by atoms with Crippen LogP contribution in [0.15, 0.2) is 11.5 Å².